The van der Waals surface area contributed by atoms with Gasteiger partial charge in [-0.2, -0.15) is 0 Å². The van der Waals surface area contributed by atoms with Crippen molar-refractivity contribution in [3.8, 4) is 11.3 Å². The lowest BCUT2D eigenvalue weighted by molar-refractivity contribution is -0.154. The molecule has 0 saturated heterocycles. The third kappa shape index (κ3) is 4.64. The van der Waals surface area contributed by atoms with Crippen LogP contribution in [0, 0.1) is 18.3 Å². The summed E-state index contributed by atoms with van der Waals surface area (Å²) in [5.41, 5.74) is 6.24. The van der Waals surface area contributed by atoms with E-state index in [-0.39, 0.29) is 22.3 Å². The Morgan fingerprint density at radius 1 is 1.00 bits per heavy atom. The molecule has 2 N–H and O–H groups in total. The SMILES string of the molecule is Cc1c(C(=O)NC23CCC(C(=O)O)(C2)C3)cc(-c2cc(C(C)(C)C)cc(C3(C)CC3)c2)n1CC1CCCCC1. The number of amides is 1. The second-order valence-electron chi connectivity index (χ2n) is 14.9. The minimum atomic E-state index is -0.708. The Morgan fingerprint density at radius 3 is 2.28 bits per heavy atom. The molecule has 0 atom stereocenters. The standard InChI is InChI=1S/C34H46N2O3/c1-22-27(29(37)35-34-14-13-33(20-34,21-34)30(38)39)18-28(36(22)19-23-9-7-6-8-10-23)24-15-25(31(2,3)4)17-26(16-24)32(5)11-12-32/h15-18,23H,6-14,19-21H2,1-5H3,(H,35,37)(H,38,39). The molecule has 0 unspecified atom stereocenters. The van der Waals surface area contributed by atoms with Gasteiger partial charge in [-0.05, 0) is 110 Å². The van der Waals surface area contributed by atoms with Gasteiger partial charge in [0.1, 0.15) is 0 Å². The first-order valence-corrected chi connectivity index (χ1v) is 15.3. The monoisotopic (exact) mass is 530 g/mol. The van der Waals surface area contributed by atoms with Crippen molar-refractivity contribution in [1.82, 2.24) is 9.88 Å². The fourth-order valence-electron chi connectivity index (χ4n) is 7.80. The van der Waals surface area contributed by atoms with Crippen molar-refractivity contribution in [3.63, 3.8) is 0 Å². The zero-order valence-electron chi connectivity index (χ0n) is 24.6. The smallest absolute Gasteiger partial charge is 0.309 e. The first kappa shape index (κ1) is 26.7. The summed E-state index contributed by atoms with van der Waals surface area (Å²) < 4.78 is 2.43. The number of fused-ring (bicyclic) bond motifs is 1. The number of hydrogen-bond donors (Lipinski definition) is 2. The van der Waals surface area contributed by atoms with Crippen molar-refractivity contribution < 1.29 is 14.7 Å². The van der Waals surface area contributed by atoms with Gasteiger partial charge in [-0.1, -0.05) is 53.0 Å². The maximum Gasteiger partial charge on any atom is 0.309 e. The van der Waals surface area contributed by atoms with Gasteiger partial charge in [0.2, 0.25) is 0 Å². The average molecular weight is 531 g/mol. The van der Waals surface area contributed by atoms with E-state index in [9.17, 15) is 14.7 Å². The zero-order chi connectivity index (χ0) is 27.8. The number of benzene rings is 1. The fourth-order valence-corrected chi connectivity index (χ4v) is 7.80. The molecule has 5 heteroatoms. The molecule has 2 aromatic rings. The van der Waals surface area contributed by atoms with Gasteiger partial charge in [0.15, 0.2) is 0 Å². The van der Waals surface area contributed by atoms with Crippen LogP contribution in [0.5, 0.6) is 0 Å². The lowest BCUT2D eigenvalue weighted by atomic mass is 9.65. The summed E-state index contributed by atoms with van der Waals surface area (Å²) in [6.07, 6.45) is 11.4. The molecule has 5 nitrogen and oxygen atoms in total. The normalized spacial score (nSPS) is 27.7. The molecule has 39 heavy (non-hydrogen) atoms. The van der Waals surface area contributed by atoms with Crippen molar-refractivity contribution in [3.05, 3.63) is 46.6 Å². The Bertz CT molecular complexity index is 1290. The van der Waals surface area contributed by atoms with E-state index in [4.69, 9.17) is 0 Å². The number of carbonyl (C=O) groups excluding carboxylic acids is 1. The number of hydrogen-bond acceptors (Lipinski definition) is 2. The van der Waals surface area contributed by atoms with Crippen molar-refractivity contribution in [2.24, 2.45) is 11.3 Å². The first-order valence-electron chi connectivity index (χ1n) is 15.3. The molecule has 210 valence electrons. The van der Waals surface area contributed by atoms with E-state index in [2.05, 4.69) is 68.8 Å². The Morgan fingerprint density at radius 2 is 1.69 bits per heavy atom. The highest BCUT2D eigenvalue weighted by Gasteiger charge is 2.65. The quantitative estimate of drug-likeness (QED) is 0.389. The summed E-state index contributed by atoms with van der Waals surface area (Å²) in [6, 6.07) is 9.28. The Balaban J connectivity index is 1.38. The van der Waals surface area contributed by atoms with Gasteiger partial charge < -0.3 is 15.0 Å². The highest BCUT2D eigenvalue weighted by Crippen LogP contribution is 2.61. The molecule has 5 saturated carbocycles. The number of aliphatic carboxylic acids is 1. The van der Waals surface area contributed by atoms with E-state index in [0.29, 0.717) is 25.2 Å². The summed E-state index contributed by atoms with van der Waals surface area (Å²) in [5, 5.41) is 13.0. The fraction of sp³-hybridized carbons (Fsp3) is 0.647. The summed E-state index contributed by atoms with van der Waals surface area (Å²) in [5.74, 6) is -0.110. The molecule has 1 aromatic carbocycles. The molecule has 5 fully saturated rings. The van der Waals surface area contributed by atoms with Gasteiger partial charge in [-0.3, -0.25) is 9.59 Å². The number of nitrogens with one attached hydrogen (secondary N) is 1. The number of rotatable bonds is 7. The second kappa shape index (κ2) is 8.97. The molecule has 1 heterocycles. The number of carbonyl (C=O) groups is 2. The number of carboxylic acid groups (broad SMARTS) is 1. The largest absolute Gasteiger partial charge is 0.481 e. The van der Waals surface area contributed by atoms with Crippen LogP contribution in [0.2, 0.25) is 0 Å². The van der Waals surface area contributed by atoms with Crippen LogP contribution in [0.4, 0.5) is 0 Å². The van der Waals surface area contributed by atoms with Crippen LogP contribution >= 0.6 is 0 Å². The lowest BCUT2D eigenvalue weighted by Crippen LogP contribution is -2.57. The summed E-state index contributed by atoms with van der Waals surface area (Å²) in [4.78, 5) is 25.6. The molecule has 7 rings (SSSR count). The van der Waals surface area contributed by atoms with E-state index in [1.54, 1.807) is 0 Å². The van der Waals surface area contributed by atoms with E-state index in [1.165, 1.54) is 61.6 Å². The van der Waals surface area contributed by atoms with E-state index >= 15 is 0 Å². The van der Waals surface area contributed by atoms with Crippen molar-refractivity contribution in [2.75, 3.05) is 0 Å². The highest BCUT2D eigenvalue weighted by atomic mass is 16.4. The van der Waals surface area contributed by atoms with Crippen LogP contribution in [0.15, 0.2) is 24.3 Å². The van der Waals surface area contributed by atoms with E-state index in [0.717, 1.165) is 29.9 Å². The lowest BCUT2D eigenvalue weighted by Gasteiger charge is -2.45. The summed E-state index contributed by atoms with van der Waals surface area (Å²) in [7, 11) is 0. The average Bonchev–Trinajstić information content (AvgIpc) is 3.20. The van der Waals surface area contributed by atoms with E-state index in [1.807, 2.05) is 0 Å². The minimum absolute atomic E-state index is 0.0363. The van der Waals surface area contributed by atoms with Crippen LogP contribution < -0.4 is 5.32 Å². The Labute approximate surface area is 233 Å². The van der Waals surface area contributed by atoms with Crippen LogP contribution in [0.1, 0.15) is 126 Å². The van der Waals surface area contributed by atoms with Gasteiger partial charge in [0, 0.05) is 23.5 Å². The maximum absolute atomic E-state index is 13.8. The van der Waals surface area contributed by atoms with Crippen LogP contribution in [0.3, 0.4) is 0 Å². The highest BCUT2D eigenvalue weighted by molar-refractivity contribution is 5.98. The van der Waals surface area contributed by atoms with Crippen molar-refractivity contribution >= 4 is 11.9 Å². The summed E-state index contributed by atoms with van der Waals surface area (Å²) >= 11 is 0. The molecular formula is C34H46N2O3. The van der Waals surface area contributed by atoms with Gasteiger partial charge in [0.05, 0.1) is 11.0 Å². The first-order chi connectivity index (χ1) is 18.3. The zero-order valence-corrected chi connectivity index (χ0v) is 24.6. The van der Waals surface area contributed by atoms with E-state index < -0.39 is 11.4 Å². The third-order valence-corrected chi connectivity index (χ3v) is 10.8. The van der Waals surface area contributed by atoms with Crippen LogP contribution in [-0.4, -0.2) is 27.1 Å². The predicted molar refractivity (Wildman–Crippen MR) is 155 cm³/mol. The molecule has 0 radical (unpaired) electrons. The third-order valence-electron chi connectivity index (χ3n) is 10.8. The molecule has 5 aliphatic carbocycles. The molecule has 0 spiro atoms. The predicted octanol–water partition coefficient (Wildman–Crippen LogP) is 7.52. The van der Waals surface area contributed by atoms with Crippen LogP contribution in [-0.2, 0) is 22.2 Å². The van der Waals surface area contributed by atoms with Gasteiger partial charge in [0.25, 0.3) is 5.91 Å². The van der Waals surface area contributed by atoms with Crippen molar-refractivity contribution in [1.29, 1.82) is 0 Å². The number of aromatic nitrogens is 1. The van der Waals surface area contributed by atoms with Gasteiger partial charge in [-0.15, -0.1) is 0 Å². The van der Waals surface area contributed by atoms with Gasteiger partial charge >= 0.3 is 5.97 Å². The number of carboxylic acids is 1. The Kier molecular flexibility index (Phi) is 6.13. The molecule has 0 aliphatic heterocycles. The molecule has 5 aliphatic rings. The molecule has 1 amide bonds. The van der Waals surface area contributed by atoms with Crippen LogP contribution in [0.25, 0.3) is 11.3 Å². The molecule has 1 aromatic heterocycles. The second-order valence-corrected chi connectivity index (χ2v) is 14.9. The molecule has 2 bridgehead atoms. The Hall–Kier alpha value is -2.56. The maximum atomic E-state index is 13.8. The molecular weight excluding hydrogens is 484 g/mol. The summed E-state index contributed by atoms with van der Waals surface area (Å²) in [6.45, 7) is 12.3. The number of nitrogens with zero attached hydrogens (tertiary/aromatic N) is 1. The topological polar surface area (TPSA) is 71.3 Å². The van der Waals surface area contributed by atoms with Crippen molar-refractivity contribution in [2.45, 2.75) is 128 Å². The van der Waals surface area contributed by atoms with Gasteiger partial charge in [-0.25, -0.2) is 0 Å². The minimum Gasteiger partial charge on any atom is -0.481 e.